The van der Waals surface area contributed by atoms with Crippen molar-refractivity contribution >= 4 is 51.2 Å². The maximum atomic E-state index is 12.4. The molecule has 0 saturated carbocycles. The van der Waals surface area contributed by atoms with Gasteiger partial charge in [-0.2, -0.15) is 5.10 Å². The molecule has 0 aliphatic rings. The Morgan fingerprint density at radius 3 is 2.45 bits per heavy atom. The van der Waals surface area contributed by atoms with Gasteiger partial charge in [0.1, 0.15) is 12.1 Å². The fourth-order valence-corrected chi connectivity index (χ4v) is 4.25. The Balaban J connectivity index is 1.32. The summed E-state index contributed by atoms with van der Waals surface area (Å²) in [7, 11) is 0. The molecule has 0 aliphatic carbocycles. The molecule has 3 aromatic carbocycles. The van der Waals surface area contributed by atoms with Crippen molar-refractivity contribution in [3.63, 3.8) is 0 Å². The van der Waals surface area contributed by atoms with Gasteiger partial charge in [0.25, 0.3) is 0 Å². The Morgan fingerprint density at radius 2 is 1.74 bits per heavy atom. The number of aryl methyl sites for hydroxylation is 2. The standard InChI is InChI=1S/C27H21F3N6OS/c1-16-4-3-5-17(2)24(16)34-26(38)35-32-14-18-6-11-21-22(33-18)12-13-23-25(21)31-15-36(23)19-7-9-20(10-8-19)37-27(28,29)30/h3-15H,1-2H3,(H2,34,35,38)/b32-14+. The first-order valence-electron chi connectivity index (χ1n) is 11.5. The third-order valence-electron chi connectivity index (χ3n) is 5.84. The molecule has 0 saturated heterocycles. The van der Waals surface area contributed by atoms with Gasteiger partial charge in [0.15, 0.2) is 5.11 Å². The van der Waals surface area contributed by atoms with Gasteiger partial charge in [0.05, 0.1) is 28.5 Å². The molecule has 2 heterocycles. The summed E-state index contributed by atoms with van der Waals surface area (Å²) in [6.07, 6.45) is -1.55. The van der Waals surface area contributed by atoms with Crippen LogP contribution in [0.5, 0.6) is 5.75 Å². The van der Waals surface area contributed by atoms with Gasteiger partial charge in [-0.25, -0.2) is 9.97 Å². The van der Waals surface area contributed by atoms with E-state index in [1.54, 1.807) is 17.1 Å². The summed E-state index contributed by atoms with van der Waals surface area (Å²) in [5.74, 6) is -0.286. The minimum Gasteiger partial charge on any atom is -0.406 e. The van der Waals surface area contributed by atoms with Crippen molar-refractivity contribution < 1.29 is 17.9 Å². The number of nitrogens with one attached hydrogen (secondary N) is 2. The largest absolute Gasteiger partial charge is 0.573 e. The van der Waals surface area contributed by atoms with E-state index < -0.39 is 6.36 Å². The Kier molecular flexibility index (Phi) is 6.68. The molecule has 5 aromatic rings. The number of thiocarbonyl (C=S) groups is 1. The second-order valence-corrected chi connectivity index (χ2v) is 8.89. The molecule has 0 aliphatic heterocycles. The van der Waals surface area contributed by atoms with Gasteiger partial charge in [-0.15, -0.1) is 13.2 Å². The maximum absolute atomic E-state index is 12.4. The number of fused-ring (bicyclic) bond motifs is 3. The highest BCUT2D eigenvalue weighted by atomic mass is 32.1. The van der Waals surface area contributed by atoms with Crippen LogP contribution in [-0.4, -0.2) is 32.2 Å². The highest BCUT2D eigenvalue weighted by Crippen LogP contribution is 2.28. The van der Waals surface area contributed by atoms with Crippen LogP contribution in [0.1, 0.15) is 16.8 Å². The fraction of sp³-hybridized carbons (Fsp3) is 0.111. The van der Waals surface area contributed by atoms with E-state index in [-0.39, 0.29) is 5.75 Å². The minimum absolute atomic E-state index is 0.286. The van der Waals surface area contributed by atoms with Gasteiger partial charge in [-0.05, 0) is 85.7 Å². The Labute approximate surface area is 221 Å². The lowest BCUT2D eigenvalue weighted by atomic mass is 10.1. The third kappa shape index (κ3) is 5.42. The zero-order chi connectivity index (χ0) is 26.9. The van der Waals surface area contributed by atoms with E-state index >= 15 is 0 Å². The Morgan fingerprint density at radius 1 is 1.00 bits per heavy atom. The van der Waals surface area contributed by atoms with Crippen LogP contribution >= 0.6 is 12.2 Å². The molecule has 0 radical (unpaired) electrons. The zero-order valence-electron chi connectivity index (χ0n) is 20.2. The molecular weight excluding hydrogens is 513 g/mol. The summed E-state index contributed by atoms with van der Waals surface area (Å²) in [5, 5.41) is 8.55. The summed E-state index contributed by atoms with van der Waals surface area (Å²) in [6, 6.07) is 19.0. The molecule has 0 amide bonds. The van der Waals surface area contributed by atoms with Gasteiger partial charge in [-0.1, -0.05) is 18.2 Å². The summed E-state index contributed by atoms with van der Waals surface area (Å²) in [4.78, 5) is 9.15. The number of aromatic nitrogens is 3. The Bertz CT molecular complexity index is 1660. The first kappa shape index (κ1) is 25.2. The van der Waals surface area contributed by atoms with Gasteiger partial charge < -0.3 is 10.1 Å². The average molecular weight is 535 g/mol. The van der Waals surface area contributed by atoms with Gasteiger partial charge in [0.2, 0.25) is 0 Å². The van der Waals surface area contributed by atoms with Crippen molar-refractivity contribution in [1.82, 2.24) is 20.0 Å². The van der Waals surface area contributed by atoms with E-state index in [0.717, 1.165) is 33.2 Å². The van der Waals surface area contributed by atoms with Crippen LogP contribution in [0.25, 0.3) is 27.6 Å². The van der Waals surface area contributed by atoms with Crippen molar-refractivity contribution in [3.8, 4) is 11.4 Å². The van der Waals surface area contributed by atoms with Crippen LogP contribution in [0.2, 0.25) is 0 Å². The normalized spacial score (nSPS) is 11.8. The van der Waals surface area contributed by atoms with Crippen LogP contribution in [0.15, 0.2) is 78.2 Å². The van der Waals surface area contributed by atoms with Gasteiger partial charge in [0, 0.05) is 16.8 Å². The van der Waals surface area contributed by atoms with Crippen LogP contribution in [0.3, 0.4) is 0 Å². The van der Waals surface area contributed by atoms with Crippen molar-refractivity contribution in [1.29, 1.82) is 0 Å². The number of benzene rings is 3. The van der Waals surface area contributed by atoms with E-state index in [1.807, 2.05) is 56.3 Å². The monoisotopic (exact) mass is 534 g/mol. The van der Waals surface area contributed by atoms with Crippen molar-refractivity contribution in [3.05, 3.63) is 89.9 Å². The first-order valence-corrected chi connectivity index (χ1v) is 11.9. The van der Waals surface area contributed by atoms with Crippen LogP contribution in [0.4, 0.5) is 18.9 Å². The predicted molar refractivity (Wildman–Crippen MR) is 146 cm³/mol. The summed E-state index contributed by atoms with van der Waals surface area (Å²) >= 11 is 5.35. The lowest BCUT2D eigenvalue weighted by Crippen LogP contribution is -2.24. The van der Waals surface area contributed by atoms with E-state index in [0.29, 0.717) is 22.0 Å². The van der Waals surface area contributed by atoms with E-state index in [9.17, 15) is 13.2 Å². The molecule has 11 heteroatoms. The molecule has 7 nitrogen and oxygen atoms in total. The SMILES string of the molecule is Cc1cccc(C)c1NC(=S)N/N=C/c1ccc2c(ccc3c2ncn3-c2ccc(OC(F)(F)F)cc2)n1. The lowest BCUT2D eigenvalue weighted by Gasteiger charge is -2.12. The number of alkyl halides is 3. The smallest absolute Gasteiger partial charge is 0.406 e. The quantitative estimate of drug-likeness (QED) is 0.154. The number of halogens is 3. The van der Waals surface area contributed by atoms with Gasteiger partial charge >= 0.3 is 6.36 Å². The number of pyridine rings is 1. The molecule has 0 unspecified atom stereocenters. The average Bonchev–Trinajstić information content (AvgIpc) is 3.30. The molecule has 38 heavy (non-hydrogen) atoms. The highest BCUT2D eigenvalue weighted by molar-refractivity contribution is 7.80. The zero-order valence-corrected chi connectivity index (χ0v) is 21.1. The molecule has 5 rings (SSSR count). The molecule has 0 atom stereocenters. The van der Waals surface area contributed by atoms with Gasteiger partial charge in [-0.3, -0.25) is 9.99 Å². The molecule has 2 N–H and O–H groups in total. The Hall–Kier alpha value is -4.51. The summed E-state index contributed by atoms with van der Waals surface area (Å²) in [6.45, 7) is 4.01. The number of imidazole rings is 1. The minimum atomic E-state index is -4.74. The molecule has 0 bridgehead atoms. The second-order valence-electron chi connectivity index (χ2n) is 8.48. The topological polar surface area (TPSA) is 76.4 Å². The van der Waals surface area contributed by atoms with Crippen LogP contribution < -0.4 is 15.5 Å². The number of para-hydroxylation sites is 1. The molecule has 2 aromatic heterocycles. The third-order valence-corrected chi connectivity index (χ3v) is 6.03. The highest BCUT2D eigenvalue weighted by Gasteiger charge is 2.31. The number of hydrazone groups is 1. The molecule has 0 spiro atoms. The van der Waals surface area contributed by atoms with Crippen LogP contribution in [0, 0.1) is 13.8 Å². The number of hydrogen-bond acceptors (Lipinski definition) is 5. The van der Waals surface area contributed by atoms with Crippen LogP contribution in [-0.2, 0) is 0 Å². The number of nitrogens with zero attached hydrogens (tertiary/aromatic N) is 4. The second kappa shape index (κ2) is 10.1. The van der Waals surface area contributed by atoms with E-state index in [4.69, 9.17) is 12.2 Å². The lowest BCUT2D eigenvalue weighted by molar-refractivity contribution is -0.274. The van der Waals surface area contributed by atoms with Crippen molar-refractivity contribution in [2.24, 2.45) is 5.10 Å². The van der Waals surface area contributed by atoms with Crippen molar-refractivity contribution in [2.75, 3.05) is 5.32 Å². The maximum Gasteiger partial charge on any atom is 0.573 e. The molecule has 0 fully saturated rings. The number of ether oxygens (including phenoxy) is 1. The summed E-state index contributed by atoms with van der Waals surface area (Å²) < 4.78 is 43.1. The fourth-order valence-electron chi connectivity index (χ4n) is 4.10. The number of hydrogen-bond donors (Lipinski definition) is 2. The molecule has 192 valence electrons. The first-order chi connectivity index (χ1) is 18.2. The summed E-state index contributed by atoms with van der Waals surface area (Å²) in [5.41, 5.74) is 9.41. The molecular formula is C27H21F3N6OS. The van der Waals surface area contributed by atoms with Crippen molar-refractivity contribution in [2.45, 2.75) is 20.2 Å². The van der Waals surface area contributed by atoms with E-state index in [1.165, 1.54) is 24.3 Å². The number of rotatable bonds is 5. The number of anilines is 1. The van der Waals surface area contributed by atoms with E-state index in [2.05, 4.69) is 30.5 Å². The predicted octanol–water partition coefficient (Wildman–Crippen LogP) is 6.41.